The summed E-state index contributed by atoms with van der Waals surface area (Å²) in [6.07, 6.45) is 0. The molecule has 2 aromatic rings. The van der Waals surface area contributed by atoms with Gasteiger partial charge in [-0.05, 0) is 49.6 Å². The fourth-order valence-corrected chi connectivity index (χ4v) is 2.79. The Labute approximate surface area is 165 Å². The molecular formula is C21H25ClN2O3. The molecule has 2 rings (SSSR count). The summed E-state index contributed by atoms with van der Waals surface area (Å²) in [5, 5.41) is 6.00. The minimum atomic E-state index is -1.28. The van der Waals surface area contributed by atoms with Gasteiger partial charge in [-0.1, -0.05) is 43.6 Å². The zero-order chi connectivity index (χ0) is 20.2. The number of nitrogens with one attached hydrogen (secondary N) is 2. The standard InChI is InChI=1S/C21H25ClN2O3/c1-13(2)15-8-6-7-9-17(15)24-20(26)21(3,4)19(25)23-14-10-11-18(27-5)16(22)12-14/h6-13H,1-5H3,(H,23,25)(H,24,26). The summed E-state index contributed by atoms with van der Waals surface area (Å²) in [6, 6.07) is 12.5. The second-order valence-corrected chi connectivity index (χ2v) is 7.53. The highest BCUT2D eigenvalue weighted by Gasteiger charge is 2.36. The summed E-state index contributed by atoms with van der Waals surface area (Å²) in [7, 11) is 1.52. The molecular weight excluding hydrogens is 364 g/mol. The Balaban J connectivity index is 2.15. The van der Waals surface area contributed by atoms with Gasteiger partial charge in [0, 0.05) is 11.4 Å². The van der Waals surface area contributed by atoms with E-state index >= 15 is 0 Å². The van der Waals surface area contributed by atoms with Crippen molar-refractivity contribution in [3.63, 3.8) is 0 Å². The van der Waals surface area contributed by atoms with Crippen LogP contribution in [0.2, 0.25) is 5.02 Å². The van der Waals surface area contributed by atoms with Gasteiger partial charge in [0.15, 0.2) is 0 Å². The Hall–Kier alpha value is -2.53. The molecule has 0 bridgehead atoms. The fourth-order valence-electron chi connectivity index (χ4n) is 2.53. The molecule has 0 atom stereocenters. The average Bonchev–Trinajstić information content (AvgIpc) is 2.62. The predicted molar refractivity (Wildman–Crippen MR) is 110 cm³/mol. The van der Waals surface area contributed by atoms with E-state index in [9.17, 15) is 9.59 Å². The maximum atomic E-state index is 12.8. The lowest BCUT2D eigenvalue weighted by Gasteiger charge is -2.24. The van der Waals surface area contributed by atoms with E-state index in [1.807, 2.05) is 24.3 Å². The molecule has 5 nitrogen and oxygen atoms in total. The quantitative estimate of drug-likeness (QED) is 0.678. The minimum Gasteiger partial charge on any atom is -0.495 e. The zero-order valence-corrected chi connectivity index (χ0v) is 17.0. The molecule has 0 saturated heterocycles. The maximum Gasteiger partial charge on any atom is 0.239 e. The topological polar surface area (TPSA) is 67.4 Å². The van der Waals surface area contributed by atoms with E-state index in [0.29, 0.717) is 22.1 Å². The van der Waals surface area contributed by atoms with Gasteiger partial charge in [-0.2, -0.15) is 0 Å². The van der Waals surface area contributed by atoms with Crippen LogP contribution in [-0.2, 0) is 9.59 Å². The molecule has 27 heavy (non-hydrogen) atoms. The number of para-hydroxylation sites is 1. The number of carbonyl (C=O) groups excluding carboxylic acids is 2. The number of methoxy groups -OCH3 is 1. The van der Waals surface area contributed by atoms with E-state index in [4.69, 9.17) is 16.3 Å². The van der Waals surface area contributed by atoms with Crippen LogP contribution in [0.3, 0.4) is 0 Å². The van der Waals surface area contributed by atoms with Gasteiger partial charge in [-0.3, -0.25) is 9.59 Å². The Bertz CT molecular complexity index is 847. The van der Waals surface area contributed by atoms with Gasteiger partial charge in [0.2, 0.25) is 11.8 Å². The highest BCUT2D eigenvalue weighted by molar-refractivity contribution is 6.32. The van der Waals surface area contributed by atoms with Crippen molar-refractivity contribution in [3.8, 4) is 5.75 Å². The van der Waals surface area contributed by atoms with Gasteiger partial charge in [0.05, 0.1) is 12.1 Å². The molecule has 0 radical (unpaired) electrons. The summed E-state index contributed by atoms with van der Waals surface area (Å²) >= 11 is 6.09. The Morgan fingerprint density at radius 2 is 1.67 bits per heavy atom. The average molecular weight is 389 g/mol. The Kier molecular flexibility index (Phi) is 6.50. The number of halogens is 1. The first-order chi connectivity index (χ1) is 12.7. The lowest BCUT2D eigenvalue weighted by atomic mass is 9.90. The zero-order valence-electron chi connectivity index (χ0n) is 16.2. The fraction of sp³-hybridized carbons (Fsp3) is 0.333. The number of hydrogen-bond donors (Lipinski definition) is 2. The molecule has 2 N–H and O–H groups in total. The number of amides is 2. The second kappa shape index (κ2) is 8.44. The Morgan fingerprint density at radius 3 is 2.26 bits per heavy atom. The maximum absolute atomic E-state index is 12.8. The molecule has 0 spiro atoms. The highest BCUT2D eigenvalue weighted by Crippen LogP contribution is 2.29. The first-order valence-electron chi connectivity index (χ1n) is 8.72. The van der Waals surface area contributed by atoms with Crippen LogP contribution in [0.5, 0.6) is 5.75 Å². The highest BCUT2D eigenvalue weighted by atomic mass is 35.5. The third kappa shape index (κ3) is 4.80. The van der Waals surface area contributed by atoms with Crippen LogP contribution in [0.4, 0.5) is 11.4 Å². The predicted octanol–water partition coefficient (Wildman–Crippen LogP) is 5.08. The van der Waals surface area contributed by atoms with Gasteiger partial charge >= 0.3 is 0 Å². The monoisotopic (exact) mass is 388 g/mol. The van der Waals surface area contributed by atoms with Gasteiger partial charge in [-0.25, -0.2) is 0 Å². The number of ether oxygens (including phenoxy) is 1. The van der Waals surface area contributed by atoms with Gasteiger partial charge < -0.3 is 15.4 Å². The van der Waals surface area contributed by atoms with Crippen LogP contribution in [0, 0.1) is 5.41 Å². The third-order valence-electron chi connectivity index (χ3n) is 4.38. The lowest BCUT2D eigenvalue weighted by molar-refractivity contribution is -0.135. The molecule has 0 aliphatic rings. The van der Waals surface area contributed by atoms with Crippen molar-refractivity contribution < 1.29 is 14.3 Å². The lowest BCUT2D eigenvalue weighted by Crippen LogP contribution is -2.41. The van der Waals surface area contributed by atoms with Crippen LogP contribution in [-0.4, -0.2) is 18.9 Å². The molecule has 2 aromatic carbocycles. The molecule has 0 aromatic heterocycles. The molecule has 6 heteroatoms. The van der Waals surface area contributed by atoms with Crippen molar-refractivity contribution in [2.24, 2.45) is 5.41 Å². The van der Waals surface area contributed by atoms with Crippen molar-refractivity contribution in [2.45, 2.75) is 33.6 Å². The normalized spacial score (nSPS) is 11.2. The molecule has 0 unspecified atom stereocenters. The summed E-state index contributed by atoms with van der Waals surface area (Å²) in [5.41, 5.74) is 0.945. The molecule has 0 aliphatic heterocycles. The van der Waals surface area contributed by atoms with Gasteiger partial charge in [0.25, 0.3) is 0 Å². The second-order valence-electron chi connectivity index (χ2n) is 7.12. The van der Waals surface area contributed by atoms with E-state index in [1.165, 1.54) is 7.11 Å². The van der Waals surface area contributed by atoms with E-state index in [2.05, 4.69) is 24.5 Å². The first kappa shape index (κ1) is 20.8. The van der Waals surface area contributed by atoms with Gasteiger partial charge in [-0.15, -0.1) is 0 Å². The number of benzene rings is 2. The summed E-state index contributed by atoms with van der Waals surface area (Å²) in [6.45, 7) is 7.27. The third-order valence-corrected chi connectivity index (χ3v) is 4.67. The summed E-state index contributed by atoms with van der Waals surface area (Å²) in [5.74, 6) is -0.0483. The molecule has 2 amide bonds. The number of rotatable bonds is 6. The summed E-state index contributed by atoms with van der Waals surface area (Å²) < 4.78 is 5.10. The number of anilines is 2. The van der Waals surface area contributed by atoms with E-state index < -0.39 is 11.3 Å². The molecule has 0 aliphatic carbocycles. The van der Waals surface area contributed by atoms with Crippen LogP contribution in [0.15, 0.2) is 42.5 Å². The SMILES string of the molecule is COc1ccc(NC(=O)C(C)(C)C(=O)Nc2ccccc2C(C)C)cc1Cl. The van der Waals surface area contributed by atoms with Gasteiger partial charge in [0.1, 0.15) is 11.2 Å². The van der Waals surface area contributed by atoms with E-state index in [0.717, 1.165) is 5.56 Å². The van der Waals surface area contributed by atoms with Crippen LogP contribution < -0.4 is 15.4 Å². The molecule has 0 saturated carbocycles. The number of carbonyl (C=O) groups is 2. The van der Waals surface area contributed by atoms with Crippen LogP contribution in [0.25, 0.3) is 0 Å². The van der Waals surface area contributed by atoms with Crippen molar-refractivity contribution in [2.75, 3.05) is 17.7 Å². The van der Waals surface area contributed by atoms with Crippen molar-refractivity contribution in [3.05, 3.63) is 53.1 Å². The van der Waals surface area contributed by atoms with E-state index in [-0.39, 0.29) is 11.8 Å². The van der Waals surface area contributed by atoms with Crippen LogP contribution >= 0.6 is 11.6 Å². The van der Waals surface area contributed by atoms with Crippen molar-refractivity contribution >= 4 is 34.8 Å². The van der Waals surface area contributed by atoms with Crippen LogP contribution in [0.1, 0.15) is 39.2 Å². The molecule has 144 valence electrons. The minimum absolute atomic E-state index is 0.250. The smallest absolute Gasteiger partial charge is 0.239 e. The molecule has 0 heterocycles. The van der Waals surface area contributed by atoms with E-state index in [1.54, 1.807) is 32.0 Å². The molecule has 0 fully saturated rings. The Morgan fingerprint density at radius 1 is 1.04 bits per heavy atom. The van der Waals surface area contributed by atoms with Crippen molar-refractivity contribution in [1.29, 1.82) is 0 Å². The first-order valence-corrected chi connectivity index (χ1v) is 9.10. The summed E-state index contributed by atoms with van der Waals surface area (Å²) in [4.78, 5) is 25.5. The van der Waals surface area contributed by atoms with Crippen molar-refractivity contribution in [1.82, 2.24) is 0 Å². The number of hydrogen-bond acceptors (Lipinski definition) is 3. The largest absolute Gasteiger partial charge is 0.495 e.